The lowest BCUT2D eigenvalue weighted by molar-refractivity contribution is -0.143. The summed E-state index contributed by atoms with van der Waals surface area (Å²) in [4.78, 5) is 32.9. The van der Waals surface area contributed by atoms with Gasteiger partial charge in [0.05, 0.1) is 24.3 Å². The van der Waals surface area contributed by atoms with E-state index in [2.05, 4.69) is 41.9 Å². The van der Waals surface area contributed by atoms with Crippen LogP contribution in [0, 0.1) is 12.7 Å². The zero-order valence-electron chi connectivity index (χ0n) is 25.1. The molecule has 0 radical (unpaired) electrons. The predicted octanol–water partition coefficient (Wildman–Crippen LogP) is 5.87. The lowest BCUT2D eigenvalue weighted by Gasteiger charge is -2.35. The number of benzene rings is 1. The first-order valence-electron chi connectivity index (χ1n) is 14.9. The van der Waals surface area contributed by atoms with Gasteiger partial charge >= 0.3 is 12.1 Å². The molecule has 9 nitrogen and oxygen atoms in total. The number of esters is 1. The summed E-state index contributed by atoms with van der Waals surface area (Å²) in [6.07, 6.45) is -2.24. The Morgan fingerprint density at radius 2 is 1.86 bits per heavy atom. The van der Waals surface area contributed by atoms with Crippen molar-refractivity contribution in [1.82, 2.24) is 24.8 Å². The van der Waals surface area contributed by atoms with Gasteiger partial charge in [-0.1, -0.05) is 11.3 Å². The van der Waals surface area contributed by atoms with Crippen molar-refractivity contribution in [1.29, 1.82) is 0 Å². The van der Waals surface area contributed by atoms with Gasteiger partial charge in [-0.2, -0.15) is 13.2 Å². The fraction of sp³-hybridized carbons (Fsp3) is 0.533. The van der Waals surface area contributed by atoms with Crippen LogP contribution >= 0.6 is 11.3 Å². The fourth-order valence-electron chi connectivity index (χ4n) is 5.61. The SMILES string of the molecule is CCOC(=O)CCN1CCN(c2cc(Nc3nc(-c4cc(F)cc(C(F)(F)F)c4)c(CN4CCC[C@H]4C)s3)nc(C)n2)CC1. The summed E-state index contributed by atoms with van der Waals surface area (Å²) in [7, 11) is 0. The van der Waals surface area contributed by atoms with Crippen molar-refractivity contribution in [3.05, 3.63) is 46.3 Å². The number of hydrogen-bond donors (Lipinski definition) is 1. The van der Waals surface area contributed by atoms with E-state index in [1.165, 1.54) is 11.3 Å². The summed E-state index contributed by atoms with van der Waals surface area (Å²) < 4.78 is 60.0. The molecule has 5 rings (SSSR count). The number of nitrogens with zero attached hydrogens (tertiary/aromatic N) is 6. The highest BCUT2D eigenvalue weighted by atomic mass is 32.1. The number of nitrogens with one attached hydrogen (secondary N) is 1. The molecule has 0 unspecified atom stereocenters. The molecule has 2 aliphatic heterocycles. The third-order valence-corrected chi connectivity index (χ3v) is 8.88. The number of thiazole rings is 1. The Kier molecular flexibility index (Phi) is 10.0. The van der Waals surface area contributed by atoms with Gasteiger partial charge in [0, 0.05) is 61.8 Å². The monoisotopic (exact) mass is 635 g/mol. The van der Waals surface area contributed by atoms with Crippen molar-refractivity contribution in [2.75, 3.05) is 56.1 Å². The van der Waals surface area contributed by atoms with Crippen LogP contribution in [-0.2, 0) is 22.3 Å². The van der Waals surface area contributed by atoms with Crippen molar-refractivity contribution < 1.29 is 27.1 Å². The summed E-state index contributed by atoms with van der Waals surface area (Å²) in [5, 5.41) is 3.69. The Morgan fingerprint density at radius 3 is 2.55 bits per heavy atom. The second kappa shape index (κ2) is 13.7. The summed E-state index contributed by atoms with van der Waals surface area (Å²) in [5.41, 5.74) is -0.636. The maximum atomic E-state index is 14.4. The van der Waals surface area contributed by atoms with Gasteiger partial charge in [0.2, 0.25) is 0 Å². The summed E-state index contributed by atoms with van der Waals surface area (Å²) >= 11 is 1.33. The summed E-state index contributed by atoms with van der Waals surface area (Å²) in [6, 6.07) is 4.72. The second-order valence-corrected chi connectivity index (χ2v) is 12.2. The number of carbonyl (C=O) groups excluding carboxylic acids is 1. The van der Waals surface area contributed by atoms with E-state index < -0.39 is 17.6 Å². The molecule has 0 amide bonds. The quantitative estimate of drug-likeness (QED) is 0.217. The summed E-state index contributed by atoms with van der Waals surface area (Å²) in [5.74, 6) is 0.646. The van der Waals surface area contributed by atoms with Gasteiger partial charge in [-0.25, -0.2) is 19.3 Å². The molecular formula is C30H37F4N7O2S. The van der Waals surface area contributed by atoms with E-state index in [0.29, 0.717) is 60.7 Å². The molecule has 1 atom stereocenters. The van der Waals surface area contributed by atoms with Crippen LogP contribution in [0.4, 0.5) is 34.3 Å². The maximum absolute atomic E-state index is 14.4. The lowest BCUT2D eigenvalue weighted by atomic mass is 10.1. The first-order valence-corrected chi connectivity index (χ1v) is 15.7. The molecule has 2 aromatic heterocycles. The van der Waals surface area contributed by atoms with Crippen LogP contribution in [0.25, 0.3) is 11.3 Å². The average molecular weight is 636 g/mol. The normalized spacial score (nSPS) is 18.2. The number of piperazine rings is 1. The molecule has 2 fully saturated rings. The van der Waals surface area contributed by atoms with Gasteiger partial charge in [0.15, 0.2) is 5.13 Å². The molecule has 238 valence electrons. The zero-order chi connectivity index (χ0) is 31.4. The molecule has 44 heavy (non-hydrogen) atoms. The molecule has 1 aromatic carbocycles. The number of aryl methyl sites for hydroxylation is 1. The third kappa shape index (κ3) is 8.02. The standard InChI is InChI=1S/C30H37F4N7O2S/c1-4-43-27(42)7-9-39-10-12-40(13-11-39)26-17-25(35-20(3)36-26)37-29-38-28(24(44-29)18-41-8-5-6-19(41)2)21-14-22(30(32,33)34)16-23(31)15-21/h14-17,19H,4-13,18H2,1-3H3,(H,35,36,37,38)/t19-/m1/s1. The number of likely N-dealkylation sites (tertiary alicyclic amines) is 1. The van der Waals surface area contributed by atoms with Crippen LogP contribution in [0.15, 0.2) is 24.3 Å². The van der Waals surface area contributed by atoms with Crippen molar-refractivity contribution in [2.24, 2.45) is 0 Å². The van der Waals surface area contributed by atoms with Gasteiger partial charge in [-0.15, -0.1) is 0 Å². The van der Waals surface area contributed by atoms with Crippen LogP contribution in [0.2, 0.25) is 0 Å². The van der Waals surface area contributed by atoms with E-state index in [4.69, 9.17) is 4.74 Å². The minimum absolute atomic E-state index is 0.0869. The largest absolute Gasteiger partial charge is 0.466 e. The molecule has 3 aromatic rings. The minimum Gasteiger partial charge on any atom is -0.466 e. The third-order valence-electron chi connectivity index (χ3n) is 7.93. The van der Waals surface area contributed by atoms with Crippen molar-refractivity contribution >= 4 is 34.1 Å². The van der Waals surface area contributed by atoms with E-state index in [0.717, 1.165) is 68.4 Å². The number of aromatic nitrogens is 3. The molecule has 0 saturated carbocycles. The van der Waals surface area contributed by atoms with Crippen LogP contribution in [0.5, 0.6) is 0 Å². The van der Waals surface area contributed by atoms with Gasteiger partial charge in [-0.3, -0.25) is 14.6 Å². The van der Waals surface area contributed by atoms with Gasteiger partial charge in [-0.05, 0) is 58.4 Å². The van der Waals surface area contributed by atoms with Gasteiger partial charge in [0.25, 0.3) is 0 Å². The number of carbonyl (C=O) groups is 1. The Labute approximate surface area is 258 Å². The molecule has 2 aliphatic rings. The number of halogens is 4. The van der Waals surface area contributed by atoms with Crippen LogP contribution in [-0.4, -0.2) is 82.6 Å². The first kappa shape index (κ1) is 32.0. The van der Waals surface area contributed by atoms with Gasteiger partial charge in [0.1, 0.15) is 23.3 Å². The Bertz CT molecular complexity index is 1460. The molecule has 1 N–H and O–H groups in total. The number of alkyl halides is 3. The Hall–Kier alpha value is -3.36. The number of rotatable bonds is 10. The van der Waals surface area contributed by atoms with E-state index in [-0.39, 0.29) is 11.5 Å². The molecular weight excluding hydrogens is 598 g/mol. The first-order chi connectivity index (χ1) is 21.0. The number of anilines is 3. The van der Waals surface area contributed by atoms with E-state index in [1.807, 2.05) is 6.07 Å². The molecule has 14 heteroatoms. The molecule has 4 heterocycles. The van der Waals surface area contributed by atoms with E-state index >= 15 is 0 Å². The smallest absolute Gasteiger partial charge is 0.416 e. The lowest BCUT2D eigenvalue weighted by Crippen LogP contribution is -2.47. The predicted molar refractivity (Wildman–Crippen MR) is 162 cm³/mol. The van der Waals surface area contributed by atoms with Crippen molar-refractivity contribution in [2.45, 2.75) is 58.8 Å². The van der Waals surface area contributed by atoms with Crippen LogP contribution in [0.1, 0.15) is 49.4 Å². The average Bonchev–Trinajstić information content (AvgIpc) is 3.56. The Morgan fingerprint density at radius 1 is 1.09 bits per heavy atom. The maximum Gasteiger partial charge on any atom is 0.416 e. The van der Waals surface area contributed by atoms with Crippen molar-refractivity contribution in [3.8, 4) is 11.3 Å². The molecule has 2 saturated heterocycles. The summed E-state index contributed by atoms with van der Waals surface area (Å²) in [6.45, 7) is 11.1. The highest BCUT2D eigenvalue weighted by molar-refractivity contribution is 7.16. The second-order valence-electron chi connectivity index (χ2n) is 11.1. The van der Waals surface area contributed by atoms with Crippen molar-refractivity contribution in [3.63, 3.8) is 0 Å². The number of ether oxygens (including phenoxy) is 1. The van der Waals surface area contributed by atoms with Crippen LogP contribution in [0.3, 0.4) is 0 Å². The molecule has 0 bridgehead atoms. The topological polar surface area (TPSA) is 86.7 Å². The van der Waals surface area contributed by atoms with Gasteiger partial charge < -0.3 is 15.0 Å². The van der Waals surface area contributed by atoms with E-state index in [9.17, 15) is 22.4 Å². The fourth-order valence-corrected chi connectivity index (χ4v) is 6.63. The Balaban J connectivity index is 1.35. The van der Waals surface area contributed by atoms with E-state index in [1.54, 1.807) is 13.8 Å². The molecule has 0 spiro atoms. The molecule has 0 aliphatic carbocycles. The number of hydrogen-bond acceptors (Lipinski definition) is 10. The zero-order valence-corrected chi connectivity index (χ0v) is 25.9. The highest BCUT2D eigenvalue weighted by Gasteiger charge is 2.32. The highest BCUT2D eigenvalue weighted by Crippen LogP contribution is 2.38. The van der Waals surface area contributed by atoms with Crippen LogP contribution < -0.4 is 10.2 Å². The minimum atomic E-state index is -4.68.